The maximum atomic E-state index is 2.39. The van der Waals surface area contributed by atoms with Gasteiger partial charge in [-0.05, 0) is 211 Å². The van der Waals surface area contributed by atoms with Crippen LogP contribution >= 0.6 is 0 Å². The van der Waals surface area contributed by atoms with Crippen LogP contribution in [-0.4, -0.2) is 0 Å². The maximum Gasteiger partial charge on any atom is -0.00139 e. The molecule has 0 heteroatoms. The lowest BCUT2D eigenvalue weighted by Crippen LogP contribution is -2.02. The Hall–Kier alpha value is -16.1. The predicted molar refractivity (Wildman–Crippen MR) is 526 cm³/mol. The van der Waals surface area contributed by atoms with E-state index in [1.54, 1.807) is 0 Å². The first-order valence-electron chi connectivity index (χ1n) is 42.8. The van der Waals surface area contributed by atoms with Crippen LogP contribution in [0.3, 0.4) is 0 Å². The maximum absolute atomic E-state index is 2.39. The van der Waals surface area contributed by atoms with Gasteiger partial charge in [-0.1, -0.05) is 522 Å². The average molecular weight is 1580 g/mol. The molecular formula is C124H86. The first kappa shape index (κ1) is 76.6. The van der Waals surface area contributed by atoms with Crippen molar-refractivity contribution in [2.45, 2.75) is 0 Å². The van der Waals surface area contributed by atoms with Crippen molar-refractivity contribution in [1.82, 2.24) is 0 Å². The molecule has 0 aliphatic rings. The van der Waals surface area contributed by atoms with Gasteiger partial charge in [0, 0.05) is 0 Å². The van der Waals surface area contributed by atoms with Crippen molar-refractivity contribution in [1.29, 1.82) is 0 Å². The highest BCUT2D eigenvalue weighted by atomic mass is 14.4. The van der Waals surface area contributed by atoms with Gasteiger partial charge in [0.2, 0.25) is 0 Å². The molecular weight excluding hydrogens is 1490 g/mol. The van der Waals surface area contributed by atoms with E-state index < -0.39 is 0 Å². The first-order valence-corrected chi connectivity index (χ1v) is 42.8. The molecule has 0 atom stereocenters. The van der Waals surface area contributed by atoms with Gasteiger partial charge < -0.3 is 0 Å². The second kappa shape index (κ2) is 35.4. The lowest BCUT2D eigenvalue weighted by atomic mass is 9.74. The Bertz CT molecular complexity index is 6590. The van der Waals surface area contributed by atoms with E-state index in [9.17, 15) is 0 Å². The second-order valence-electron chi connectivity index (χ2n) is 31.4. The highest BCUT2D eigenvalue weighted by Crippen LogP contribution is 2.59. The third-order valence-corrected chi connectivity index (χ3v) is 24.0. The zero-order chi connectivity index (χ0) is 82.8. The SMILES string of the molecule is c1ccc(C(=C(c2ccccc2)c2ccc(-c3c(-c4ccccc4)c(-c4ccccc4)c(-c4ccccc4)c(-c4ccccc4)c3-c3ccc(-c4ccc(-c5c(-c6ccccc6)c(-c6ccccc6)c(-c6ccccc6)c(-c6ccccc6)c5-c5ccc(C(=C(c6ccccc6)c6ccccc6)c6ccccc6)cc5)cc4)cc3)cc2)c2ccccc2)cc1. The summed E-state index contributed by atoms with van der Waals surface area (Å²) in [5.41, 5.74) is 43.2. The summed E-state index contributed by atoms with van der Waals surface area (Å²) >= 11 is 0. The van der Waals surface area contributed by atoms with Crippen LogP contribution in [0.25, 0.3) is 167 Å². The molecule has 0 aliphatic carbocycles. The van der Waals surface area contributed by atoms with Gasteiger partial charge in [-0.15, -0.1) is 0 Å². The molecule has 0 heterocycles. The molecule has 0 bridgehead atoms. The van der Waals surface area contributed by atoms with Gasteiger partial charge in [0.05, 0.1) is 0 Å². The molecule has 0 spiro atoms. The van der Waals surface area contributed by atoms with Crippen molar-refractivity contribution < 1.29 is 0 Å². The smallest absolute Gasteiger partial charge is 0.00139 e. The third-order valence-electron chi connectivity index (χ3n) is 24.0. The Morgan fingerprint density at radius 1 is 0.0726 bits per heavy atom. The highest BCUT2D eigenvalue weighted by Gasteiger charge is 2.33. The molecule has 20 aromatic rings. The number of hydrogen-bond donors (Lipinski definition) is 0. The highest BCUT2D eigenvalue weighted by molar-refractivity contribution is 6.18. The van der Waals surface area contributed by atoms with E-state index in [2.05, 4.69) is 522 Å². The lowest BCUT2D eigenvalue weighted by Gasteiger charge is -2.29. The Balaban J connectivity index is 0.819. The van der Waals surface area contributed by atoms with E-state index >= 15 is 0 Å². The molecule has 0 nitrogen and oxygen atoms in total. The normalized spacial score (nSPS) is 11.1. The second-order valence-corrected chi connectivity index (χ2v) is 31.4. The van der Waals surface area contributed by atoms with Crippen molar-refractivity contribution in [3.8, 4) is 145 Å². The van der Waals surface area contributed by atoms with Crippen molar-refractivity contribution >= 4 is 22.3 Å². The van der Waals surface area contributed by atoms with Gasteiger partial charge in [0.15, 0.2) is 0 Å². The number of benzene rings is 20. The Kier molecular flexibility index (Phi) is 21.9. The summed E-state index contributed by atoms with van der Waals surface area (Å²) in [6.07, 6.45) is 0. The van der Waals surface area contributed by atoms with Gasteiger partial charge >= 0.3 is 0 Å². The number of rotatable bonds is 21. The van der Waals surface area contributed by atoms with E-state index in [0.29, 0.717) is 0 Å². The van der Waals surface area contributed by atoms with Gasteiger partial charge in [0.25, 0.3) is 0 Å². The summed E-state index contributed by atoms with van der Waals surface area (Å²) in [6.45, 7) is 0. The average Bonchev–Trinajstić information content (AvgIpc) is 0.717. The predicted octanol–water partition coefficient (Wildman–Crippen LogP) is 33.4. The molecule has 0 fully saturated rings. The zero-order valence-electron chi connectivity index (χ0n) is 68.7. The van der Waals surface area contributed by atoms with E-state index in [1.807, 2.05) is 0 Å². The molecule has 0 N–H and O–H groups in total. The fraction of sp³-hybridized carbons (Fsp3) is 0. The van der Waals surface area contributed by atoms with E-state index in [-0.39, 0.29) is 0 Å². The molecule has 124 heavy (non-hydrogen) atoms. The molecule has 0 radical (unpaired) electrons. The molecule has 0 aromatic heterocycles. The summed E-state index contributed by atoms with van der Waals surface area (Å²) in [4.78, 5) is 0. The van der Waals surface area contributed by atoms with Crippen LogP contribution in [0.1, 0.15) is 44.5 Å². The van der Waals surface area contributed by atoms with Crippen molar-refractivity contribution in [2.24, 2.45) is 0 Å². The fourth-order valence-corrected chi connectivity index (χ4v) is 18.5. The van der Waals surface area contributed by atoms with Crippen LogP contribution in [0.4, 0.5) is 0 Å². The monoisotopic (exact) mass is 1570 g/mol. The molecule has 20 aromatic carbocycles. The molecule has 0 aliphatic heterocycles. The van der Waals surface area contributed by atoms with Crippen LogP contribution in [-0.2, 0) is 0 Å². The largest absolute Gasteiger partial charge is 0.0622 e. The summed E-state index contributed by atoms with van der Waals surface area (Å²) in [6, 6.07) is 192. The Morgan fingerprint density at radius 2 is 0.161 bits per heavy atom. The third kappa shape index (κ3) is 15.3. The molecule has 0 saturated carbocycles. The topological polar surface area (TPSA) is 0 Å². The van der Waals surface area contributed by atoms with Crippen molar-refractivity contribution in [3.63, 3.8) is 0 Å². The van der Waals surface area contributed by atoms with Gasteiger partial charge in [-0.3, -0.25) is 0 Å². The minimum Gasteiger partial charge on any atom is -0.0622 e. The van der Waals surface area contributed by atoms with Crippen LogP contribution in [0.5, 0.6) is 0 Å². The molecule has 582 valence electrons. The van der Waals surface area contributed by atoms with E-state index in [1.165, 1.54) is 33.4 Å². The minimum atomic E-state index is 1.10. The molecule has 20 rings (SSSR count). The van der Waals surface area contributed by atoms with Crippen molar-refractivity contribution in [2.75, 3.05) is 0 Å². The summed E-state index contributed by atoms with van der Waals surface area (Å²) in [5, 5.41) is 0. The van der Waals surface area contributed by atoms with Gasteiger partial charge in [-0.25, -0.2) is 0 Å². The number of hydrogen-bond acceptors (Lipinski definition) is 0. The van der Waals surface area contributed by atoms with E-state index in [4.69, 9.17) is 0 Å². The van der Waals surface area contributed by atoms with Crippen LogP contribution in [0.2, 0.25) is 0 Å². The molecule has 0 unspecified atom stereocenters. The van der Waals surface area contributed by atoms with Crippen LogP contribution in [0.15, 0.2) is 522 Å². The lowest BCUT2D eigenvalue weighted by molar-refractivity contribution is 1.49. The standard InChI is InChI=1S/C124H86/c1-15-43-89(44-16-1)109(90-45-17-2-18-46-90)111(93-51-23-5-24-52-93)103-79-83-107(84-80-103)123-119(101-67-39-13-40-68-101)115(97-59-31-9-32-60-97)113(95-55-27-7-28-56-95)117(99-63-35-11-36-64-99)121(123)105-75-71-87(72-76-105)88-73-77-106(78-74-88)122-118(100-65-37-12-38-66-100)114(96-57-29-8-30-58-96)116(98-61-33-10-34-62-98)120(102-69-41-14-42-70-102)124(122)108-85-81-104(82-86-108)112(94-53-25-6-26-54-94)110(91-47-19-3-20-48-91)92-49-21-4-22-50-92/h1-86H. The van der Waals surface area contributed by atoms with Crippen LogP contribution in [0, 0.1) is 0 Å². The summed E-state index contributed by atoms with van der Waals surface area (Å²) in [7, 11) is 0. The summed E-state index contributed by atoms with van der Waals surface area (Å²) < 4.78 is 0. The van der Waals surface area contributed by atoms with Crippen LogP contribution < -0.4 is 0 Å². The first-order chi connectivity index (χ1) is 61.6. The molecule has 0 saturated heterocycles. The Morgan fingerprint density at radius 3 is 0.290 bits per heavy atom. The zero-order valence-corrected chi connectivity index (χ0v) is 68.7. The fourth-order valence-electron chi connectivity index (χ4n) is 18.5. The van der Waals surface area contributed by atoms with Crippen molar-refractivity contribution in [3.05, 3.63) is 566 Å². The van der Waals surface area contributed by atoms with Gasteiger partial charge in [0.1, 0.15) is 0 Å². The summed E-state index contributed by atoms with van der Waals surface area (Å²) in [5.74, 6) is 0. The molecule has 0 amide bonds. The van der Waals surface area contributed by atoms with E-state index in [0.717, 1.165) is 178 Å². The minimum absolute atomic E-state index is 1.10. The van der Waals surface area contributed by atoms with Gasteiger partial charge in [-0.2, -0.15) is 0 Å². The Labute approximate surface area is 728 Å². The quantitative estimate of drug-likeness (QED) is 0.0629.